The predicted molar refractivity (Wildman–Crippen MR) is 143 cm³/mol. The van der Waals surface area contributed by atoms with Gasteiger partial charge in [0.15, 0.2) is 17.2 Å². The lowest BCUT2D eigenvalue weighted by atomic mass is 10.1. The van der Waals surface area contributed by atoms with Gasteiger partial charge < -0.3 is 14.2 Å². The lowest BCUT2D eigenvalue weighted by Gasteiger charge is -2.11. The Balaban J connectivity index is 1.42. The van der Waals surface area contributed by atoms with E-state index in [1.165, 1.54) is 24.3 Å². The number of halogens is 1. The minimum absolute atomic E-state index is 0.104. The topological polar surface area (TPSA) is 117 Å². The molecule has 1 aromatic heterocycles. The van der Waals surface area contributed by atoms with E-state index in [1.807, 2.05) is 18.2 Å². The molecule has 0 atom stereocenters. The molecule has 5 rings (SSSR count). The number of esters is 2. The highest BCUT2D eigenvalue weighted by Gasteiger charge is 2.25. The maximum absolute atomic E-state index is 13.0. The number of nitro benzene ring substituents is 1. The number of benzene rings is 3. The number of hydrogen-bond donors (Lipinski definition) is 0. The van der Waals surface area contributed by atoms with Crippen LogP contribution in [0.1, 0.15) is 27.7 Å². The van der Waals surface area contributed by atoms with Crippen LogP contribution in [0.5, 0.6) is 11.5 Å². The van der Waals surface area contributed by atoms with Crippen LogP contribution in [-0.4, -0.2) is 29.4 Å². The minimum atomic E-state index is -0.734. The van der Waals surface area contributed by atoms with E-state index in [0.29, 0.717) is 21.2 Å². The highest BCUT2D eigenvalue weighted by Crippen LogP contribution is 2.39. The summed E-state index contributed by atoms with van der Waals surface area (Å²) in [6.07, 6.45) is 1.54. The number of hydrogen-bond acceptors (Lipinski definition) is 9. The second-order valence-corrected chi connectivity index (χ2v) is 9.34. The second kappa shape index (κ2) is 10.4. The van der Waals surface area contributed by atoms with Crippen molar-refractivity contribution in [3.63, 3.8) is 0 Å². The number of non-ortho nitro benzene ring substituents is 1. The molecule has 0 spiro atoms. The molecular weight excluding hydrogens is 532 g/mol. The third-order valence-electron chi connectivity index (χ3n) is 5.42. The van der Waals surface area contributed by atoms with Gasteiger partial charge in [0.2, 0.25) is 5.90 Å². The van der Waals surface area contributed by atoms with Crippen LogP contribution < -0.4 is 9.47 Å². The fourth-order valence-corrected chi connectivity index (χ4v) is 5.10. The van der Waals surface area contributed by atoms with Gasteiger partial charge in [0.25, 0.3) is 5.69 Å². The first-order chi connectivity index (χ1) is 18.3. The van der Waals surface area contributed by atoms with Crippen LogP contribution in [0.4, 0.5) is 5.69 Å². The van der Waals surface area contributed by atoms with Gasteiger partial charge in [0.05, 0.1) is 16.6 Å². The standard InChI is InChI=1S/C27H17ClN2O7S/c1-2-35-21-13-15(12-19-26(31)37-25(29-19)16-6-4-3-5-7-16)8-11-20(21)36-27(32)24-23(28)18-10-9-17(30(33)34)14-22(18)38-24/h3-14H,2H2,1H3/b19-12+. The quantitative estimate of drug-likeness (QED) is 0.0858. The largest absolute Gasteiger partial charge is 0.490 e. The summed E-state index contributed by atoms with van der Waals surface area (Å²) in [6.45, 7) is 2.06. The van der Waals surface area contributed by atoms with E-state index in [2.05, 4.69) is 4.99 Å². The number of carbonyl (C=O) groups is 2. The molecule has 190 valence electrons. The molecule has 1 aliphatic rings. The lowest BCUT2D eigenvalue weighted by molar-refractivity contribution is -0.384. The van der Waals surface area contributed by atoms with E-state index >= 15 is 0 Å². The highest BCUT2D eigenvalue weighted by molar-refractivity contribution is 7.21. The number of nitro groups is 1. The Labute approximate surface area is 224 Å². The Morgan fingerprint density at radius 3 is 2.66 bits per heavy atom. The van der Waals surface area contributed by atoms with Crippen molar-refractivity contribution in [3.8, 4) is 11.5 Å². The number of cyclic esters (lactones) is 1. The van der Waals surface area contributed by atoms with E-state index in [-0.39, 0.29) is 45.3 Å². The summed E-state index contributed by atoms with van der Waals surface area (Å²) >= 11 is 7.38. The third-order valence-corrected chi connectivity index (χ3v) is 7.06. The summed E-state index contributed by atoms with van der Waals surface area (Å²) in [7, 11) is 0. The van der Waals surface area contributed by atoms with Crippen molar-refractivity contribution in [2.24, 2.45) is 4.99 Å². The maximum Gasteiger partial charge on any atom is 0.363 e. The number of rotatable bonds is 7. The van der Waals surface area contributed by atoms with Gasteiger partial charge in [0, 0.05) is 27.8 Å². The van der Waals surface area contributed by atoms with Crippen LogP contribution in [-0.2, 0) is 9.53 Å². The van der Waals surface area contributed by atoms with Crippen molar-refractivity contribution in [2.75, 3.05) is 6.61 Å². The van der Waals surface area contributed by atoms with E-state index in [4.69, 9.17) is 25.8 Å². The number of fused-ring (bicyclic) bond motifs is 1. The average Bonchev–Trinajstić information content (AvgIpc) is 3.45. The van der Waals surface area contributed by atoms with Crippen LogP contribution in [0.15, 0.2) is 77.4 Å². The van der Waals surface area contributed by atoms with Crippen LogP contribution in [0.25, 0.3) is 16.2 Å². The first-order valence-corrected chi connectivity index (χ1v) is 12.5. The van der Waals surface area contributed by atoms with E-state index in [1.54, 1.807) is 37.3 Å². The van der Waals surface area contributed by atoms with Gasteiger partial charge in [-0.1, -0.05) is 35.9 Å². The zero-order valence-electron chi connectivity index (χ0n) is 19.7. The molecule has 0 bridgehead atoms. The number of thiophene rings is 1. The normalized spacial score (nSPS) is 13.9. The molecule has 0 saturated heterocycles. The molecule has 11 heteroatoms. The molecule has 9 nitrogen and oxygen atoms in total. The zero-order chi connectivity index (χ0) is 26.8. The van der Waals surface area contributed by atoms with Crippen molar-refractivity contribution in [3.05, 3.63) is 104 Å². The van der Waals surface area contributed by atoms with Gasteiger partial charge in [-0.05, 0) is 48.9 Å². The maximum atomic E-state index is 13.0. The summed E-state index contributed by atoms with van der Waals surface area (Å²) in [5, 5.41) is 11.7. The fourth-order valence-electron chi connectivity index (χ4n) is 3.68. The average molecular weight is 549 g/mol. The van der Waals surface area contributed by atoms with E-state index < -0.39 is 16.9 Å². The lowest BCUT2D eigenvalue weighted by Crippen LogP contribution is -2.08. The molecule has 2 heterocycles. The van der Waals surface area contributed by atoms with Crippen LogP contribution >= 0.6 is 22.9 Å². The molecule has 0 saturated carbocycles. The van der Waals surface area contributed by atoms with Crippen LogP contribution in [0, 0.1) is 10.1 Å². The van der Waals surface area contributed by atoms with Gasteiger partial charge >= 0.3 is 11.9 Å². The predicted octanol–water partition coefficient (Wildman–Crippen LogP) is 6.43. The molecule has 0 aliphatic carbocycles. The molecule has 3 aromatic carbocycles. The van der Waals surface area contributed by atoms with Crippen molar-refractivity contribution in [2.45, 2.75) is 6.92 Å². The first kappa shape index (κ1) is 25.1. The van der Waals surface area contributed by atoms with Crippen molar-refractivity contribution in [1.82, 2.24) is 0 Å². The Bertz CT molecular complexity index is 1660. The molecule has 0 N–H and O–H groups in total. The Kier molecular flexibility index (Phi) is 6.91. The molecular formula is C27H17ClN2O7S. The molecule has 1 aliphatic heterocycles. The number of carbonyl (C=O) groups excluding carboxylic acids is 2. The Hall–Kier alpha value is -4.54. The summed E-state index contributed by atoms with van der Waals surface area (Å²) in [4.78, 5) is 40.3. The second-order valence-electron chi connectivity index (χ2n) is 7.91. The number of ether oxygens (including phenoxy) is 3. The van der Waals surface area contributed by atoms with Gasteiger partial charge in [-0.25, -0.2) is 14.6 Å². The van der Waals surface area contributed by atoms with Crippen molar-refractivity contribution < 1.29 is 28.7 Å². The molecule has 0 amide bonds. The summed E-state index contributed by atoms with van der Waals surface area (Å²) in [5.74, 6) is -0.704. The highest BCUT2D eigenvalue weighted by atomic mass is 35.5. The van der Waals surface area contributed by atoms with Gasteiger partial charge in [-0.15, -0.1) is 11.3 Å². The molecule has 0 unspecified atom stereocenters. The summed E-state index contributed by atoms with van der Waals surface area (Å²) in [6, 6.07) is 18.0. The number of nitrogens with zero attached hydrogens (tertiary/aromatic N) is 2. The SMILES string of the molecule is CCOc1cc(/C=C2/N=C(c3ccccc3)OC2=O)ccc1OC(=O)c1sc2cc([N+](=O)[O-])ccc2c1Cl. The van der Waals surface area contributed by atoms with E-state index in [9.17, 15) is 19.7 Å². The first-order valence-electron chi connectivity index (χ1n) is 11.3. The van der Waals surface area contributed by atoms with Gasteiger partial charge in [-0.3, -0.25) is 10.1 Å². The minimum Gasteiger partial charge on any atom is -0.490 e. The molecule has 4 aromatic rings. The Morgan fingerprint density at radius 1 is 1.13 bits per heavy atom. The number of aliphatic imine (C=N–C) groups is 1. The molecule has 0 fully saturated rings. The Morgan fingerprint density at radius 2 is 1.92 bits per heavy atom. The van der Waals surface area contributed by atoms with Gasteiger partial charge in [-0.2, -0.15) is 0 Å². The van der Waals surface area contributed by atoms with E-state index in [0.717, 1.165) is 11.3 Å². The summed E-state index contributed by atoms with van der Waals surface area (Å²) in [5.41, 5.74) is 1.26. The fraction of sp³-hybridized carbons (Fsp3) is 0.0741. The molecule has 0 radical (unpaired) electrons. The van der Waals surface area contributed by atoms with Crippen molar-refractivity contribution in [1.29, 1.82) is 0 Å². The van der Waals surface area contributed by atoms with Crippen LogP contribution in [0.2, 0.25) is 5.02 Å². The van der Waals surface area contributed by atoms with Crippen molar-refractivity contribution >= 4 is 62.6 Å². The summed E-state index contributed by atoms with van der Waals surface area (Å²) < 4.78 is 17.0. The van der Waals surface area contributed by atoms with Gasteiger partial charge in [0.1, 0.15) is 4.88 Å². The van der Waals surface area contributed by atoms with Crippen LogP contribution in [0.3, 0.4) is 0 Å². The zero-order valence-corrected chi connectivity index (χ0v) is 21.2. The third kappa shape index (κ3) is 4.99. The monoisotopic (exact) mass is 548 g/mol. The molecule has 38 heavy (non-hydrogen) atoms. The smallest absolute Gasteiger partial charge is 0.363 e.